The molecule has 2 aliphatic rings. The van der Waals surface area contributed by atoms with Gasteiger partial charge in [0.05, 0.1) is 0 Å². The predicted molar refractivity (Wildman–Crippen MR) is 43.1 cm³/mol. The standard InChI is InChI=1S/C9H15NO/c10-7-3-1-5-9(7)6-2-4-8(9)11/h7H,1-6,10H2. The van der Waals surface area contributed by atoms with E-state index in [0.29, 0.717) is 5.78 Å². The second-order valence-corrected chi connectivity index (χ2v) is 3.93. The van der Waals surface area contributed by atoms with Crippen LogP contribution in [0.25, 0.3) is 0 Å². The van der Waals surface area contributed by atoms with Gasteiger partial charge in [0, 0.05) is 17.9 Å². The van der Waals surface area contributed by atoms with Gasteiger partial charge in [0.15, 0.2) is 0 Å². The predicted octanol–water partition coefficient (Wildman–Crippen LogP) is 1.24. The summed E-state index contributed by atoms with van der Waals surface area (Å²) < 4.78 is 0. The fraction of sp³-hybridized carbons (Fsp3) is 0.889. The van der Waals surface area contributed by atoms with Crippen molar-refractivity contribution in [1.82, 2.24) is 0 Å². The lowest BCUT2D eigenvalue weighted by atomic mass is 9.80. The molecular weight excluding hydrogens is 138 g/mol. The topological polar surface area (TPSA) is 43.1 Å². The first-order valence-electron chi connectivity index (χ1n) is 4.55. The summed E-state index contributed by atoms with van der Waals surface area (Å²) in [6.07, 6.45) is 6.21. The number of nitrogens with two attached hydrogens (primary N) is 1. The highest BCUT2D eigenvalue weighted by atomic mass is 16.1. The van der Waals surface area contributed by atoms with Gasteiger partial charge in [0.2, 0.25) is 0 Å². The maximum absolute atomic E-state index is 11.5. The van der Waals surface area contributed by atoms with Crippen LogP contribution in [-0.2, 0) is 4.79 Å². The van der Waals surface area contributed by atoms with Crippen molar-refractivity contribution in [2.45, 2.75) is 44.6 Å². The summed E-state index contributed by atoms with van der Waals surface area (Å²) in [6.45, 7) is 0. The number of ketones is 1. The van der Waals surface area contributed by atoms with Crippen LogP contribution >= 0.6 is 0 Å². The van der Waals surface area contributed by atoms with Crippen LogP contribution in [0.15, 0.2) is 0 Å². The van der Waals surface area contributed by atoms with Gasteiger partial charge in [-0.15, -0.1) is 0 Å². The van der Waals surface area contributed by atoms with E-state index in [-0.39, 0.29) is 11.5 Å². The summed E-state index contributed by atoms with van der Waals surface area (Å²) in [6, 6.07) is 0.178. The molecule has 2 rings (SSSR count). The maximum atomic E-state index is 11.5. The summed E-state index contributed by atoms with van der Waals surface area (Å²) in [5.41, 5.74) is 5.89. The lowest BCUT2D eigenvalue weighted by molar-refractivity contribution is -0.126. The van der Waals surface area contributed by atoms with Crippen molar-refractivity contribution in [2.75, 3.05) is 0 Å². The van der Waals surface area contributed by atoms with E-state index in [4.69, 9.17) is 5.73 Å². The van der Waals surface area contributed by atoms with Crippen LogP contribution in [0.1, 0.15) is 38.5 Å². The van der Waals surface area contributed by atoms with Crippen LogP contribution < -0.4 is 5.73 Å². The highest BCUT2D eigenvalue weighted by molar-refractivity contribution is 5.87. The van der Waals surface area contributed by atoms with Crippen LogP contribution in [0.4, 0.5) is 0 Å². The number of Topliss-reactive ketones (excluding diaryl/α,β-unsaturated/α-hetero) is 1. The van der Waals surface area contributed by atoms with Gasteiger partial charge in [-0.05, 0) is 25.7 Å². The third-order valence-electron chi connectivity index (χ3n) is 3.43. The molecule has 2 saturated carbocycles. The van der Waals surface area contributed by atoms with E-state index in [1.807, 2.05) is 0 Å². The zero-order valence-corrected chi connectivity index (χ0v) is 6.81. The van der Waals surface area contributed by atoms with Gasteiger partial charge in [0.25, 0.3) is 0 Å². The van der Waals surface area contributed by atoms with Crippen LogP contribution in [0.3, 0.4) is 0 Å². The van der Waals surface area contributed by atoms with E-state index < -0.39 is 0 Å². The largest absolute Gasteiger partial charge is 0.327 e. The van der Waals surface area contributed by atoms with Gasteiger partial charge in [-0.1, -0.05) is 6.42 Å². The van der Waals surface area contributed by atoms with Crippen LogP contribution in [0.2, 0.25) is 0 Å². The van der Waals surface area contributed by atoms with Crippen LogP contribution in [-0.4, -0.2) is 11.8 Å². The van der Waals surface area contributed by atoms with Crippen molar-refractivity contribution in [2.24, 2.45) is 11.1 Å². The van der Waals surface area contributed by atoms with E-state index in [1.54, 1.807) is 0 Å². The van der Waals surface area contributed by atoms with Crippen molar-refractivity contribution in [3.05, 3.63) is 0 Å². The molecule has 11 heavy (non-hydrogen) atoms. The average Bonchev–Trinajstić information content (AvgIpc) is 2.48. The zero-order chi connectivity index (χ0) is 7.90. The molecule has 2 unspecified atom stereocenters. The fourth-order valence-corrected chi connectivity index (χ4v) is 2.71. The van der Waals surface area contributed by atoms with Gasteiger partial charge < -0.3 is 5.73 Å². The Labute approximate surface area is 67.1 Å². The molecule has 0 bridgehead atoms. The Bertz CT molecular complexity index is 186. The molecule has 1 spiro atoms. The first-order valence-corrected chi connectivity index (χ1v) is 4.55. The lowest BCUT2D eigenvalue weighted by Crippen LogP contribution is -2.40. The Morgan fingerprint density at radius 1 is 1.36 bits per heavy atom. The van der Waals surface area contributed by atoms with Gasteiger partial charge in [0.1, 0.15) is 5.78 Å². The molecule has 2 aliphatic carbocycles. The molecule has 0 aromatic carbocycles. The summed E-state index contributed by atoms with van der Waals surface area (Å²) in [5.74, 6) is 0.447. The first kappa shape index (κ1) is 7.29. The minimum atomic E-state index is -0.0556. The summed E-state index contributed by atoms with van der Waals surface area (Å²) in [7, 11) is 0. The molecule has 0 aliphatic heterocycles. The smallest absolute Gasteiger partial charge is 0.140 e. The van der Waals surface area contributed by atoms with Gasteiger partial charge in [-0.3, -0.25) is 4.79 Å². The molecular formula is C9H15NO. The average molecular weight is 153 g/mol. The summed E-state index contributed by atoms with van der Waals surface area (Å²) >= 11 is 0. The maximum Gasteiger partial charge on any atom is 0.140 e. The molecule has 2 fully saturated rings. The Morgan fingerprint density at radius 2 is 2.09 bits per heavy atom. The van der Waals surface area contributed by atoms with Crippen molar-refractivity contribution in [1.29, 1.82) is 0 Å². The van der Waals surface area contributed by atoms with Crippen molar-refractivity contribution < 1.29 is 4.79 Å². The van der Waals surface area contributed by atoms with Gasteiger partial charge >= 0.3 is 0 Å². The highest BCUT2D eigenvalue weighted by Gasteiger charge is 2.48. The van der Waals surface area contributed by atoms with Crippen molar-refractivity contribution in [3.8, 4) is 0 Å². The van der Waals surface area contributed by atoms with E-state index in [1.165, 1.54) is 0 Å². The fourth-order valence-electron chi connectivity index (χ4n) is 2.71. The van der Waals surface area contributed by atoms with E-state index in [2.05, 4.69) is 0 Å². The third-order valence-corrected chi connectivity index (χ3v) is 3.43. The quantitative estimate of drug-likeness (QED) is 0.569. The number of hydrogen-bond acceptors (Lipinski definition) is 2. The van der Waals surface area contributed by atoms with Gasteiger partial charge in [-0.2, -0.15) is 0 Å². The second kappa shape index (κ2) is 2.31. The molecule has 0 saturated heterocycles. The van der Waals surface area contributed by atoms with Crippen LogP contribution in [0, 0.1) is 5.41 Å². The monoisotopic (exact) mass is 153 g/mol. The number of carbonyl (C=O) groups excluding carboxylic acids is 1. The minimum Gasteiger partial charge on any atom is -0.327 e. The molecule has 2 nitrogen and oxygen atoms in total. The van der Waals surface area contributed by atoms with Crippen molar-refractivity contribution >= 4 is 5.78 Å². The molecule has 0 aromatic heterocycles. The van der Waals surface area contributed by atoms with E-state index in [0.717, 1.165) is 38.5 Å². The van der Waals surface area contributed by atoms with Gasteiger partial charge in [-0.25, -0.2) is 0 Å². The SMILES string of the molecule is NC1CCCC12CCCC2=O. The normalized spacial score (nSPS) is 44.1. The number of rotatable bonds is 0. The molecule has 0 amide bonds. The summed E-state index contributed by atoms with van der Waals surface area (Å²) in [5, 5.41) is 0. The molecule has 0 radical (unpaired) electrons. The second-order valence-electron chi connectivity index (χ2n) is 3.93. The first-order chi connectivity index (χ1) is 5.26. The van der Waals surface area contributed by atoms with Crippen molar-refractivity contribution in [3.63, 3.8) is 0 Å². The molecule has 2 N–H and O–H groups in total. The third kappa shape index (κ3) is 0.853. The molecule has 2 heteroatoms. The Hall–Kier alpha value is -0.370. The Balaban J connectivity index is 2.25. The molecule has 0 aromatic rings. The Kier molecular flexibility index (Phi) is 1.53. The highest BCUT2D eigenvalue weighted by Crippen LogP contribution is 2.47. The molecule has 62 valence electrons. The molecule has 0 heterocycles. The Morgan fingerprint density at radius 3 is 2.55 bits per heavy atom. The number of carbonyl (C=O) groups is 1. The summed E-state index contributed by atoms with van der Waals surface area (Å²) in [4.78, 5) is 11.5. The molecule has 2 atom stereocenters. The lowest BCUT2D eigenvalue weighted by Gasteiger charge is -2.25. The number of hydrogen-bond donors (Lipinski definition) is 1. The van der Waals surface area contributed by atoms with E-state index in [9.17, 15) is 4.79 Å². The minimum absolute atomic E-state index is 0.0556. The van der Waals surface area contributed by atoms with Crippen LogP contribution in [0.5, 0.6) is 0 Å². The van der Waals surface area contributed by atoms with E-state index >= 15 is 0 Å². The zero-order valence-electron chi connectivity index (χ0n) is 6.81.